The number of hydrogen-bond donors (Lipinski definition) is 2. The van der Waals surface area contributed by atoms with Crippen LogP contribution < -0.4 is 5.73 Å². The van der Waals surface area contributed by atoms with Crippen molar-refractivity contribution in [2.45, 2.75) is 12.5 Å². The molecule has 4 nitrogen and oxygen atoms in total. The van der Waals surface area contributed by atoms with Crippen LogP contribution in [-0.2, 0) is 0 Å². The zero-order chi connectivity index (χ0) is 10.8. The summed E-state index contributed by atoms with van der Waals surface area (Å²) < 4.78 is 1.78. The van der Waals surface area contributed by atoms with Gasteiger partial charge in [-0.3, -0.25) is 4.40 Å². The minimum atomic E-state index is -0.667. The minimum Gasteiger partial charge on any atom is -0.387 e. The van der Waals surface area contributed by atoms with Gasteiger partial charge < -0.3 is 10.8 Å². The van der Waals surface area contributed by atoms with E-state index in [0.717, 1.165) is 5.65 Å². The van der Waals surface area contributed by atoms with Crippen molar-refractivity contribution in [2.75, 3.05) is 6.54 Å². The lowest BCUT2D eigenvalue weighted by Crippen LogP contribution is -2.09. The van der Waals surface area contributed by atoms with Gasteiger partial charge in [0.1, 0.15) is 5.65 Å². The number of aliphatic hydroxyl groups is 1. The highest BCUT2D eigenvalue weighted by Gasteiger charge is 2.17. The van der Waals surface area contributed by atoms with Gasteiger partial charge in [-0.1, -0.05) is 17.7 Å². The van der Waals surface area contributed by atoms with E-state index in [1.807, 2.05) is 24.4 Å². The van der Waals surface area contributed by atoms with Gasteiger partial charge in [-0.15, -0.1) is 0 Å². The number of aliphatic hydroxyl groups excluding tert-OH is 1. The lowest BCUT2D eigenvalue weighted by molar-refractivity contribution is 0.165. The fourth-order valence-electron chi connectivity index (χ4n) is 1.58. The van der Waals surface area contributed by atoms with Gasteiger partial charge in [0.05, 0.1) is 11.8 Å². The number of aromatic nitrogens is 2. The summed E-state index contributed by atoms with van der Waals surface area (Å²) in [6.45, 7) is 0.414. The first kappa shape index (κ1) is 10.4. The molecule has 0 saturated carbocycles. The molecule has 0 aromatic carbocycles. The number of pyridine rings is 1. The van der Waals surface area contributed by atoms with E-state index in [-0.39, 0.29) is 0 Å². The van der Waals surface area contributed by atoms with Crippen LogP contribution in [0, 0.1) is 0 Å². The second-order valence-electron chi connectivity index (χ2n) is 3.31. The minimum absolute atomic E-state index is 0.335. The van der Waals surface area contributed by atoms with Gasteiger partial charge in [-0.2, -0.15) is 0 Å². The second kappa shape index (κ2) is 4.18. The molecule has 1 unspecified atom stereocenters. The van der Waals surface area contributed by atoms with Crippen molar-refractivity contribution in [3.05, 3.63) is 35.2 Å². The third-order valence-electron chi connectivity index (χ3n) is 2.28. The number of fused-ring (bicyclic) bond motifs is 1. The third kappa shape index (κ3) is 1.84. The topological polar surface area (TPSA) is 63.5 Å². The zero-order valence-electron chi connectivity index (χ0n) is 8.10. The van der Waals surface area contributed by atoms with Crippen LogP contribution in [0.5, 0.6) is 0 Å². The summed E-state index contributed by atoms with van der Waals surface area (Å²) in [5.41, 5.74) is 6.74. The average molecular weight is 226 g/mol. The van der Waals surface area contributed by atoms with E-state index in [1.54, 1.807) is 4.40 Å². The maximum absolute atomic E-state index is 9.86. The largest absolute Gasteiger partial charge is 0.387 e. The van der Waals surface area contributed by atoms with Crippen LogP contribution in [-0.4, -0.2) is 21.0 Å². The summed E-state index contributed by atoms with van der Waals surface area (Å²) in [6, 6.07) is 5.58. The van der Waals surface area contributed by atoms with Gasteiger partial charge in [0, 0.05) is 6.20 Å². The maximum Gasteiger partial charge on any atom is 0.154 e. The molecular formula is C10H12ClN3O. The van der Waals surface area contributed by atoms with E-state index < -0.39 is 6.10 Å². The molecule has 0 radical (unpaired) electrons. The van der Waals surface area contributed by atoms with E-state index in [9.17, 15) is 5.11 Å². The van der Waals surface area contributed by atoms with Crippen molar-refractivity contribution in [3.8, 4) is 0 Å². The molecule has 2 aromatic rings. The summed E-state index contributed by atoms with van der Waals surface area (Å²) in [5.74, 6) is 0. The van der Waals surface area contributed by atoms with Crippen molar-refractivity contribution >= 4 is 17.2 Å². The molecule has 0 saturated heterocycles. The predicted molar refractivity (Wildman–Crippen MR) is 58.8 cm³/mol. The second-order valence-corrected chi connectivity index (χ2v) is 3.67. The number of rotatable bonds is 3. The zero-order valence-corrected chi connectivity index (χ0v) is 8.85. The molecule has 0 fully saturated rings. The highest BCUT2D eigenvalue weighted by atomic mass is 35.5. The molecule has 0 aliphatic rings. The van der Waals surface area contributed by atoms with E-state index in [1.165, 1.54) is 0 Å². The van der Waals surface area contributed by atoms with Crippen LogP contribution in [0.3, 0.4) is 0 Å². The summed E-state index contributed by atoms with van der Waals surface area (Å²) in [5, 5.41) is 10.2. The molecule has 1 atom stereocenters. The Hall–Kier alpha value is -1.10. The van der Waals surface area contributed by atoms with Crippen molar-refractivity contribution < 1.29 is 5.11 Å². The Bertz CT molecular complexity index is 469. The summed E-state index contributed by atoms with van der Waals surface area (Å²) in [7, 11) is 0. The molecule has 2 heterocycles. The Kier molecular flexibility index (Phi) is 2.90. The highest BCUT2D eigenvalue weighted by molar-refractivity contribution is 6.30. The Morgan fingerprint density at radius 1 is 1.53 bits per heavy atom. The van der Waals surface area contributed by atoms with Gasteiger partial charge in [0.25, 0.3) is 0 Å². The number of halogens is 1. The first-order valence-corrected chi connectivity index (χ1v) is 5.12. The third-order valence-corrected chi connectivity index (χ3v) is 2.56. The van der Waals surface area contributed by atoms with Gasteiger partial charge >= 0.3 is 0 Å². The molecule has 0 aliphatic heterocycles. The van der Waals surface area contributed by atoms with Gasteiger partial charge in [0.15, 0.2) is 5.15 Å². The van der Waals surface area contributed by atoms with E-state index >= 15 is 0 Å². The summed E-state index contributed by atoms with van der Waals surface area (Å²) >= 11 is 5.97. The Morgan fingerprint density at radius 3 is 3.07 bits per heavy atom. The molecule has 2 rings (SSSR count). The monoisotopic (exact) mass is 225 g/mol. The molecular weight excluding hydrogens is 214 g/mol. The van der Waals surface area contributed by atoms with Crippen LogP contribution in [0.1, 0.15) is 18.2 Å². The Labute approximate surface area is 92.3 Å². The molecule has 0 spiro atoms. The molecule has 80 valence electrons. The molecule has 5 heteroatoms. The standard InChI is InChI=1S/C10H12ClN3O/c11-10-9(7(15)4-5-12)14-6-2-1-3-8(14)13-10/h1-3,6-7,15H,4-5,12H2. The quantitative estimate of drug-likeness (QED) is 0.829. The molecule has 15 heavy (non-hydrogen) atoms. The SMILES string of the molecule is NCCC(O)c1c(Cl)nc2ccccn12. The van der Waals surface area contributed by atoms with Crippen molar-refractivity contribution in [1.82, 2.24) is 9.38 Å². The van der Waals surface area contributed by atoms with E-state index in [2.05, 4.69) is 4.98 Å². The van der Waals surface area contributed by atoms with Gasteiger partial charge in [-0.25, -0.2) is 4.98 Å². The predicted octanol–water partition coefficient (Wildman–Crippen LogP) is 1.37. The van der Waals surface area contributed by atoms with Gasteiger partial charge in [0.2, 0.25) is 0 Å². The smallest absolute Gasteiger partial charge is 0.154 e. The number of nitrogens with two attached hydrogens (primary N) is 1. The fraction of sp³-hybridized carbons (Fsp3) is 0.300. The van der Waals surface area contributed by atoms with E-state index in [0.29, 0.717) is 23.8 Å². The van der Waals surface area contributed by atoms with Crippen LogP contribution >= 0.6 is 11.6 Å². The number of hydrogen-bond acceptors (Lipinski definition) is 3. The molecule has 2 aromatic heterocycles. The van der Waals surface area contributed by atoms with Crippen LogP contribution in [0.2, 0.25) is 5.15 Å². The lowest BCUT2D eigenvalue weighted by Gasteiger charge is -2.09. The summed E-state index contributed by atoms with van der Waals surface area (Å²) in [6.07, 6.45) is 1.63. The van der Waals surface area contributed by atoms with Crippen LogP contribution in [0.15, 0.2) is 24.4 Å². The van der Waals surface area contributed by atoms with Crippen molar-refractivity contribution in [1.29, 1.82) is 0 Å². The summed E-state index contributed by atoms with van der Waals surface area (Å²) in [4.78, 5) is 4.14. The molecule has 0 bridgehead atoms. The Balaban J connectivity index is 2.53. The van der Waals surface area contributed by atoms with E-state index in [4.69, 9.17) is 17.3 Å². The average Bonchev–Trinajstić information content (AvgIpc) is 2.54. The Morgan fingerprint density at radius 2 is 2.33 bits per heavy atom. The maximum atomic E-state index is 9.86. The number of imidazole rings is 1. The molecule has 0 aliphatic carbocycles. The normalized spacial score (nSPS) is 13.3. The van der Waals surface area contributed by atoms with Crippen molar-refractivity contribution in [3.63, 3.8) is 0 Å². The molecule has 0 amide bonds. The fourth-order valence-corrected chi connectivity index (χ4v) is 1.88. The molecule has 3 N–H and O–H groups in total. The van der Waals surface area contributed by atoms with Crippen LogP contribution in [0.4, 0.5) is 0 Å². The number of nitrogens with zero attached hydrogens (tertiary/aromatic N) is 2. The lowest BCUT2D eigenvalue weighted by atomic mass is 10.2. The first-order valence-electron chi connectivity index (χ1n) is 4.74. The van der Waals surface area contributed by atoms with Crippen LogP contribution in [0.25, 0.3) is 5.65 Å². The first-order chi connectivity index (χ1) is 7.24. The highest BCUT2D eigenvalue weighted by Crippen LogP contribution is 2.25. The van der Waals surface area contributed by atoms with Gasteiger partial charge in [-0.05, 0) is 25.1 Å². The van der Waals surface area contributed by atoms with Crippen molar-refractivity contribution in [2.24, 2.45) is 5.73 Å².